The molecule has 1 unspecified atom stereocenters. The molecule has 0 fully saturated rings. The average Bonchev–Trinajstić information content (AvgIpc) is 3.42. The third-order valence-corrected chi connectivity index (χ3v) is 9.08. The van der Waals surface area contributed by atoms with Crippen molar-refractivity contribution in [2.24, 2.45) is 0 Å². The van der Waals surface area contributed by atoms with E-state index in [1.54, 1.807) is 0 Å². The number of nitriles is 2. The van der Waals surface area contributed by atoms with Gasteiger partial charge in [-0.3, -0.25) is 0 Å². The predicted molar refractivity (Wildman–Crippen MR) is 173 cm³/mol. The molecule has 1 atom stereocenters. The largest absolute Gasteiger partial charge is 0.313 e. The molecular weight excluding hydrogens is 522 g/mol. The van der Waals surface area contributed by atoms with Gasteiger partial charge in [-0.15, -0.1) is 0 Å². The molecule has 5 aromatic carbocycles. The van der Waals surface area contributed by atoms with Gasteiger partial charge in [0.15, 0.2) is 0 Å². The van der Waals surface area contributed by atoms with Crippen LogP contribution in [0.3, 0.4) is 0 Å². The van der Waals surface area contributed by atoms with Crippen molar-refractivity contribution >= 4 is 17.0 Å². The molecule has 6 aromatic rings. The van der Waals surface area contributed by atoms with E-state index in [1.165, 1.54) is 33.3 Å². The van der Waals surface area contributed by atoms with Gasteiger partial charge in [0, 0.05) is 28.2 Å². The van der Waals surface area contributed by atoms with E-state index < -0.39 is 0 Å². The maximum atomic E-state index is 10.0. The molecule has 0 saturated heterocycles. The lowest BCUT2D eigenvalue weighted by Gasteiger charge is -2.29. The highest BCUT2D eigenvalue weighted by molar-refractivity contribution is 5.93. The first-order chi connectivity index (χ1) is 21.2. The number of nitrogens with zero attached hydrogens (tertiary/aromatic N) is 3. The van der Waals surface area contributed by atoms with Crippen molar-refractivity contribution in [2.75, 3.05) is 0 Å². The zero-order chi connectivity index (χ0) is 28.9. The molecule has 43 heavy (non-hydrogen) atoms. The lowest BCUT2D eigenvalue weighted by Crippen LogP contribution is -2.13. The van der Waals surface area contributed by atoms with Crippen molar-refractivity contribution in [1.82, 2.24) is 4.57 Å². The number of rotatable bonds is 3. The second-order valence-corrected chi connectivity index (χ2v) is 11.5. The molecule has 0 amide bonds. The van der Waals surface area contributed by atoms with Gasteiger partial charge in [-0.2, -0.15) is 10.5 Å². The molecule has 1 heterocycles. The SMILES string of the molecule is N#Cc1cc(-c2ccc(-n3c4c(c5ccccc53)C=CCC4)cc2)cc(C2Cc3ccccc3-c3ccc(C#N)cc32)c1. The Hall–Kier alpha value is -5.64. The molecule has 0 spiro atoms. The summed E-state index contributed by atoms with van der Waals surface area (Å²) >= 11 is 0. The minimum atomic E-state index is 0.0512. The van der Waals surface area contributed by atoms with Crippen LogP contribution in [0.5, 0.6) is 0 Å². The molecule has 0 N–H and O–H groups in total. The number of aromatic nitrogens is 1. The molecule has 0 bridgehead atoms. The molecule has 0 aliphatic heterocycles. The average molecular weight is 550 g/mol. The Kier molecular flexibility index (Phi) is 5.85. The van der Waals surface area contributed by atoms with Crippen LogP contribution >= 0.6 is 0 Å². The van der Waals surface area contributed by atoms with E-state index in [0.29, 0.717) is 11.1 Å². The number of allylic oxidation sites excluding steroid dienone is 1. The van der Waals surface area contributed by atoms with Gasteiger partial charge >= 0.3 is 0 Å². The minimum absolute atomic E-state index is 0.0512. The molecule has 2 aliphatic carbocycles. The Morgan fingerprint density at radius 3 is 2.37 bits per heavy atom. The number of benzene rings is 5. The smallest absolute Gasteiger partial charge is 0.0991 e. The summed E-state index contributed by atoms with van der Waals surface area (Å²) in [5.41, 5.74) is 14.4. The molecule has 3 nitrogen and oxygen atoms in total. The topological polar surface area (TPSA) is 52.5 Å². The Labute approximate surface area is 251 Å². The molecule has 0 saturated carbocycles. The second-order valence-electron chi connectivity index (χ2n) is 11.5. The van der Waals surface area contributed by atoms with Crippen molar-refractivity contribution in [2.45, 2.75) is 25.2 Å². The van der Waals surface area contributed by atoms with Crippen molar-refractivity contribution < 1.29 is 0 Å². The standard InChI is InChI=1S/C40H27N3/c41-24-26-13-18-34-33-8-2-1-7-29(33)23-37(38(34)21-26)31-20-27(25-42)19-30(22-31)28-14-16-32(17-15-28)43-39-11-5-3-9-35(39)36-10-4-6-12-40(36)43/h1-5,7-11,13-22,37H,6,12,23H2. The molecule has 0 radical (unpaired) electrons. The van der Waals surface area contributed by atoms with Crippen LogP contribution < -0.4 is 0 Å². The molecule has 3 heteroatoms. The molecular formula is C40H27N3. The van der Waals surface area contributed by atoms with Gasteiger partial charge in [0.2, 0.25) is 0 Å². The van der Waals surface area contributed by atoms with Gasteiger partial charge in [-0.25, -0.2) is 0 Å². The van der Waals surface area contributed by atoms with Crippen molar-refractivity contribution in [3.05, 3.63) is 154 Å². The van der Waals surface area contributed by atoms with Gasteiger partial charge in [-0.05, 0) is 101 Å². The van der Waals surface area contributed by atoms with Gasteiger partial charge in [0.05, 0.1) is 28.8 Å². The van der Waals surface area contributed by atoms with Crippen molar-refractivity contribution in [1.29, 1.82) is 10.5 Å². The molecule has 202 valence electrons. The zero-order valence-electron chi connectivity index (χ0n) is 23.6. The van der Waals surface area contributed by atoms with Crippen LogP contribution in [-0.4, -0.2) is 4.57 Å². The quantitative estimate of drug-likeness (QED) is 0.221. The maximum absolute atomic E-state index is 10.0. The summed E-state index contributed by atoms with van der Waals surface area (Å²) in [6, 6.07) is 42.9. The Morgan fingerprint density at radius 1 is 0.698 bits per heavy atom. The van der Waals surface area contributed by atoms with E-state index in [4.69, 9.17) is 0 Å². The van der Waals surface area contributed by atoms with Crippen LogP contribution in [0.4, 0.5) is 0 Å². The van der Waals surface area contributed by atoms with Gasteiger partial charge in [0.25, 0.3) is 0 Å². The molecule has 8 rings (SSSR count). The van der Waals surface area contributed by atoms with Gasteiger partial charge < -0.3 is 4.57 Å². The Morgan fingerprint density at radius 2 is 1.51 bits per heavy atom. The number of hydrogen-bond acceptors (Lipinski definition) is 2. The monoisotopic (exact) mass is 549 g/mol. The fraction of sp³-hybridized carbons (Fsp3) is 0.100. The summed E-state index contributed by atoms with van der Waals surface area (Å²) in [5, 5.41) is 21.0. The summed E-state index contributed by atoms with van der Waals surface area (Å²) in [7, 11) is 0. The van der Waals surface area contributed by atoms with Crippen molar-refractivity contribution in [3.8, 4) is 40.1 Å². The van der Waals surface area contributed by atoms with Crippen LogP contribution in [0.15, 0.2) is 115 Å². The lowest BCUT2D eigenvalue weighted by atomic mass is 9.74. The third-order valence-electron chi connectivity index (χ3n) is 9.08. The summed E-state index contributed by atoms with van der Waals surface area (Å²) in [5.74, 6) is 0.0512. The van der Waals surface area contributed by atoms with Crippen molar-refractivity contribution in [3.63, 3.8) is 0 Å². The van der Waals surface area contributed by atoms with E-state index in [2.05, 4.69) is 114 Å². The Bertz CT molecular complexity index is 2180. The van der Waals surface area contributed by atoms with E-state index in [1.807, 2.05) is 24.3 Å². The summed E-state index contributed by atoms with van der Waals surface area (Å²) in [6.45, 7) is 0. The molecule has 1 aromatic heterocycles. The third kappa shape index (κ3) is 4.10. The highest BCUT2D eigenvalue weighted by Crippen LogP contribution is 2.44. The van der Waals surface area contributed by atoms with Gasteiger partial charge in [-0.1, -0.05) is 78.9 Å². The first kappa shape index (κ1) is 25.1. The maximum Gasteiger partial charge on any atom is 0.0991 e. The van der Waals surface area contributed by atoms with Crippen LogP contribution in [0.25, 0.3) is 44.9 Å². The summed E-state index contributed by atoms with van der Waals surface area (Å²) in [4.78, 5) is 0. The Balaban J connectivity index is 1.22. The van der Waals surface area contributed by atoms with Crippen LogP contribution in [0.1, 0.15) is 51.4 Å². The number of fused-ring (bicyclic) bond motifs is 6. The van der Waals surface area contributed by atoms with Crippen LogP contribution in [0.2, 0.25) is 0 Å². The predicted octanol–water partition coefficient (Wildman–Crippen LogP) is 9.36. The van der Waals surface area contributed by atoms with Gasteiger partial charge in [0.1, 0.15) is 0 Å². The normalized spacial score (nSPS) is 14.8. The minimum Gasteiger partial charge on any atom is -0.313 e. The number of hydrogen-bond donors (Lipinski definition) is 0. The van der Waals surface area contributed by atoms with E-state index in [9.17, 15) is 10.5 Å². The van der Waals surface area contributed by atoms with E-state index in [0.717, 1.165) is 52.8 Å². The fourth-order valence-corrected chi connectivity index (χ4v) is 7.11. The highest BCUT2D eigenvalue weighted by Gasteiger charge is 2.27. The fourth-order valence-electron chi connectivity index (χ4n) is 7.11. The first-order valence-electron chi connectivity index (χ1n) is 14.8. The summed E-state index contributed by atoms with van der Waals surface area (Å²) in [6.07, 6.45) is 7.44. The van der Waals surface area contributed by atoms with E-state index in [-0.39, 0.29) is 5.92 Å². The number of para-hydroxylation sites is 1. The summed E-state index contributed by atoms with van der Waals surface area (Å²) < 4.78 is 2.40. The lowest BCUT2D eigenvalue weighted by molar-refractivity contribution is 0.793. The highest BCUT2D eigenvalue weighted by atomic mass is 15.0. The van der Waals surface area contributed by atoms with E-state index >= 15 is 0 Å². The first-order valence-corrected chi connectivity index (χ1v) is 14.8. The second kappa shape index (κ2) is 10.0. The van der Waals surface area contributed by atoms with Crippen LogP contribution in [0, 0.1) is 22.7 Å². The zero-order valence-corrected chi connectivity index (χ0v) is 23.6. The van der Waals surface area contributed by atoms with Crippen LogP contribution in [-0.2, 0) is 12.8 Å². The molecule has 2 aliphatic rings.